The highest BCUT2D eigenvalue weighted by molar-refractivity contribution is 7.93. The predicted molar refractivity (Wildman–Crippen MR) is 75.9 cm³/mol. The number of ether oxygens (including phenoxy) is 1. The summed E-state index contributed by atoms with van der Waals surface area (Å²) >= 11 is 4.81. The first-order chi connectivity index (χ1) is 8.16. The van der Waals surface area contributed by atoms with Gasteiger partial charge in [-0.15, -0.1) is 0 Å². The monoisotopic (exact) mass is 294 g/mol. The molecule has 1 rings (SSSR count). The molecule has 0 saturated heterocycles. The van der Waals surface area contributed by atoms with Crippen molar-refractivity contribution < 1.29 is 13.2 Å². The van der Waals surface area contributed by atoms with E-state index in [4.69, 9.17) is 22.7 Å². The SMILES string of the molecule is CCC(C(N)=S)S(=O)(=O)NC1CC(OC)C1(C)C. The Morgan fingerprint density at radius 1 is 1.61 bits per heavy atom. The molecule has 0 aromatic heterocycles. The first kappa shape index (κ1) is 15.8. The van der Waals surface area contributed by atoms with Crippen molar-refractivity contribution in [3.05, 3.63) is 0 Å². The number of hydrogen-bond donors (Lipinski definition) is 2. The number of nitrogens with two attached hydrogens (primary N) is 1. The van der Waals surface area contributed by atoms with E-state index in [9.17, 15) is 8.42 Å². The lowest BCUT2D eigenvalue weighted by atomic mass is 9.65. The van der Waals surface area contributed by atoms with Crippen molar-refractivity contribution in [1.82, 2.24) is 4.72 Å². The summed E-state index contributed by atoms with van der Waals surface area (Å²) in [7, 11) is -1.87. The molecular weight excluding hydrogens is 272 g/mol. The molecule has 0 radical (unpaired) electrons. The van der Waals surface area contributed by atoms with Crippen molar-refractivity contribution in [1.29, 1.82) is 0 Å². The molecule has 1 saturated carbocycles. The van der Waals surface area contributed by atoms with Gasteiger partial charge < -0.3 is 10.5 Å². The van der Waals surface area contributed by atoms with E-state index in [1.807, 2.05) is 13.8 Å². The fourth-order valence-corrected chi connectivity index (χ4v) is 4.59. The molecule has 0 heterocycles. The number of thiocarbonyl (C=S) groups is 1. The summed E-state index contributed by atoms with van der Waals surface area (Å²) in [6.45, 7) is 5.73. The number of rotatable bonds is 6. The van der Waals surface area contributed by atoms with Gasteiger partial charge in [-0.05, 0) is 12.8 Å². The van der Waals surface area contributed by atoms with Gasteiger partial charge in [0.05, 0.1) is 11.1 Å². The third-order valence-electron chi connectivity index (χ3n) is 3.83. The van der Waals surface area contributed by atoms with E-state index < -0.39 is 15.3 Å². The largest absolute Gasteiger partial charge is 0.392 e. The molecule has 0 bridgehead atoms. The lowest BCUT2D eigenvalue weighted by Crippen LogP contribution is -2.63. The van der Waals surface area contributed by atoms with Crippen LogP contribution < -0.4 is 10.5 Å². The zero-order valence-electron chi connectivity index (χ0n) is 11.3. The standard InChI is InChI=1S/C11H22N2O3S2/c1-5-7(10(12)17)18(14,15)13-8-6-9(16-4)11(8,2)3/h7-9,13H,5-6H2,1-4H3,(H2,12,17). The van der Waals surface area contributed by atoms with E-state index >= 15 is 0 Å². The first-order valence-corrected chi connectivity index (χ1v) is 7.95. The molecule has 106 valence electrons. The van der Waals surface area contributed by atoms with E-state index in [-0.39, 0.29) is 22.5 Å². The van der Waals surface area contributed by atoms with Crippen molar-refractivity contribution >= 4 is 27.2 Å². The fraction of sp³-hybridized carbons (Fsp3) is 0.909. The number of sulfonamides is 1. The van der Waals surface area contributed by atoms with Gasteiger partial charge in [-0.3, -0.25) is 0 Å². The molecule has 5 nitrogen and oxygen atoms in total. The Morgan fingerprint density at radius 2 is 2.17 bits per heavy atom. The highest BCUT2D eigenvalue weighted by Crippen LogP contribution is 2.42. The third-order valence-corrected chi connectivity index (χ3v) is 6.21. The maximum absolute atomic E-state index is 12.2. The predicted octanol–water partition coefficient (Wildman–Crippen LogP) is 0.784. The van der Waals surface area contributed by atoms with Crippen LogP contribution in [0.3, 0.4) is 0 Å². The summed E-state index contributed by atoms with van der Waals surface area (Å²) < 4.78 is 32.3. The quantitative estimate of drug-likeness (QED) is 0.708. The van der Waals surface area contributed by atoms with E-state index in [1.165, 1.54) is 0 Å². The van der Waals surface area contributed by atoms with Gasteiger partial charge in [-0.25, -0.2) is 13.1 Å². The van der Waals surface area contributed by atoms with Crippen molar-refractivity contribution in [3.63, 3.8) is 0 Å². The van der Waals surface area contributed by atoms with Gasteiger partial charge in [0, 0.05) is 18.6 Å². The minimum Gasteiger partial charge on any atom is -0.392 e. The molecule has 0 aromatic carbocycles. The van der Waals surface area contributed by atoms with E-state index in [0.717, 1.165) is 0 Å². The molecular formula is C11H22N2O3S2. The van der Waals surface area contributed by atoms with Gasteiger partial charge >= 0.3 is 0 Å². The highest BCUT2D eigenvalue weighted by Gasteiger charge is 2.50. The Balaban J connectivity index is 2.77. The van der Waals surface area contributed by atoms with Gasteiger partial charge in [0.2, 0.25) is 10.0 Å². The molecule has 0 spiro atoms. The van der Waals surface area contributed by atoms with Gasteiger partial charge in [0.15, 0.2) is 0 Å². The van der Waals surface area contributed by atoms with Crippen LogP contribution in [0.1, 0.15) is 33.6 Å². The normalized spacial score (nSPS) is 28.4. The molecule has 7 heteroatoms. The second-order valence-electron chi connectivity index (χ2n) is 5.30. The molecule has 3 atom stereocenters. The minimum absolute atomic E-state index is 0.0189. The van der Waals surface area contributed by atoms with Crippen molar-refractivity contribution in [2.75, 3.05) is 7.11 Å². The van der Waals surface area contributed by atoms with Crippen LogP contribution in [0, 0.1) is 5.41 Å². The topological polar surface area (TPSA) is 81.4 Å². The highest BCUT2D eigenvalue weighted by atomic mass is 32.2. The smallest absolute Gasteiger partial charge is 0.221 e. The molecule has 3 N–H and O–H groups in total. The van der Waals surface area contributed by atoms with Crippen molar-refractivity contribution in [2.45, 2.75) is 51.0 Å². The van der Waals surface area contributed by atoms with Crippen LogP contribution in [0.5, 0.6) is 0 Å². The van der Waals surface area contributed by atoms with E-state index in [0.29, 0.717) is 12.8 Å². The van der Waals surface area contributed by atoms with Gasteiger partial charge in [0.1, 0.15) is 5.25 Å². The summed E-state index contributed by atoms with van der Waals surface area (Å²) in [5.41, 5.74) is 5.27. The Morgan fingerprint density at radius 3 is 2.50 bits per heavy atom. The Labute approximate surface area is 115 Å². The van der Waals surface area contributed by atoms with Crippen LogP contribution >= 0.6 is 12.2 Å². The molecule has 3 unspecified atom stereocenters. The maximum atomic E-state index is 12.2. The summed E-state index contributed by atoms with van der Waals surface area (Å²) in [5.74, 6) is 0. The molecule has 18 heavy (non-hydrogen) atoms. The van der Waals surface area contributed by atoms with Crippen LogP contribution in [-0.4, -0.2) is 37.9 Å². The zero-order chi connectivity index (χ0) is 14.1. The molecule has 1 aliphatic carbocycles. The van der Waals surface area contributed by atoms with Gasteiger partial charge in [-0.1, -0.05) is 33.0 Å². The van der Waals surface area contributed by atoms with Crippen LogP contribution in [0.25, 0.3) is 0 Å². The second kappa shape index (κ2) is 5.40. The number of nitrogens with one attached hydrogen (secondary N) is 1. The Hall–Kier alpha value is -0.240. The molecule has 1 fully saturated rings. The Kier molecular flexibility index (Phi) is 4.75. The molecule has 0 aromatic rings. The van der Waals surface area contributed by atoms with Crippen LogP contribution in [0.2, 0.25) is 0 Å². The minimum atomic E-state index is -3.51. The number of methoxy groups -OCH3 is 1. The average molecular weight is 294 g/mol. The molecule has 1 aliphatic rings. The third kappa shape index (κ3) is 2.84. The first-order valence-electron chi connectivity index (χ1n) is 6.00. The second-order valence-corrected chi connectivity index (χ2v) is 7.66. The summed E-state index contributed by atoms with van der Waals surface area (Å²) in [6, 6.07) is -0.129. The summed E-state index contributed by atoms with van der Waals surface area (Å²) in [6.07, 6.45) is 1.14. The fourth-order valence-electron chi connectivity index (χ4n) is 2.34. The van der Waals surface area contributed by atoms with E-state index in [2.05, 4.69) is 4.72 Å². The molecule has 0 amide bonds. The van der Waals surface area contributed by atoms with Crippen LogP contribution in [-0.2, 0) is 14.8 Å². The van der Waals surface area contributed by atoms with Crippen molar-refractivity contribution in [3.8, 4) is 0 Å². The Bertz CT molecular complexity index is 420. The maximum Gasteiger partial charge on any atom is 0.221 e. The molecule has 0 aliphatic heterocycles. The van der Waals surface area contributed by atoms with Gasteiger partial charge in [-0.2, -0.15) is 0 Å². The zero-order valence-corrected chi connectivity index (χ0v) is 12.9. The summed E-state index contributed by atoms with van der Waals surface area (Å²) in [5, 5.41) is -0.801. The number of hydrogen-bond acceptors (Lipinski definition) is 4. The van der Waals surface area contributed by atoms with E-state index in [1.54, 1.807) is 14.0 Å². The lowest BCUT2D eigenvalue weighted by molar-refractivity contribution is -0.0908. The van der Waals surface area contributed by atoms with Gasteiger partial charge in [0.25, 0.3) is 0 Å². The average Bonchev–Trinajstić information content (AvgIpc) is 2.23. The van der Waals surface area contributed by atoms with Crippen molar-refractivity contribution in [2.24, 2.45) is 11.1 Å². The van der Waals surface area contributed by atoms with Crippen LogP contribution in [0.15, 0.2) is 0 Å². The lowest BCUT2D eigenvalue weighted by Gasteiger charge is -2.51. The summed E-state index contributed by atoms with van der Waals surface area (Å²) in [4.78, 5) is 0.0189. The van der Waals surface area contributed by atoms with Crippen LogP contribution in [0.4, 0.5) is 0 Å².